The van der Waals surface area contributed by atoms with Gasteiger partial charge in [-0.15, -0.1) is 4.83 Å². The van der Waals surface area contributed by atoms with Crippen molar-refractivity contribution < 1.29 is 21.9 Å². The molecule has 1 unspecified atom stereocenters. The Morgan fingerprint density at radius 2 is 1.64 bits per heavy atom. The Kier molecular flexibility index (Phi) is 5.43. The van der Waals surface area contributed by atoms with Crippen LogP contribution in [0.1, 0.15) is 30.0 Å². The summed E-state index contributed by atoms with van der Waals surface area (Å²) in [6.07, 6.45) is -2.21. The molecule has 0 amide bonds. The summed E-state index contributed by atoms with van der Waals surface area (Å²) in [5, 5.41) is 5.87. The van der Waals surface area contributed by atoms with Gasteiger partial charge in [0.2, 0.25) is 11.3 Å². The average Bonchev–Trinajstić information content (AvgIpc) is 3.58. The molecule has 0 radical (unpaired) electrons. The molecule has 1 aliphatic rings. The maximum atomic E-state index is 12.9. The van der Waals surface area contributed by atoms with Gasteiger partial charge in [0.1, 0.15) is 0 Å². The summed E-state index contributed by atoms with van der Waals surface area (Å²) < 4.78 is 60.2. The largest absolute Gasteiger partial charge is 0.416 e. The molecular formula is C23H19F3N4O2S. The van der Waals surface area contributed by atoms with E-state index in [0.717, 1.165) is 52.8 Å². The van der Waals surface area contributed by atoms with Gasteiger partial charge in [-0.05, 0) is 66.4 Å². The van der Waals surface area contributed by atoms with Crippen molar-refractivity contribution in [2.24, 2.45) is 0 Å². The molecule has 33 heavy (non-hydrogen) atoms. The molecule has 10 heteroatoms. The topological polar surface area (TPSA) is 79.2 Å². The third kappa shape index (κ3) is 4.50. The lowest BCUT2D eigenvalue weighted by Gasteiger charge is -2.09. The fourth-order valence-electron chi connectivity index (χ4n) is 3.81. The first-order valence-electron chi connectivity index (χ1n) is 10.2. The normalized spacial score (nSPS) is 15.0. The zero-order chi connectivity index (χ0) is 23.2. The number of hydrogen-bond donors (Lipinski definition) is 3. The Balaban J connectivity index is 1.54. The van der Waals surface area contributed by atoms with Gasteiger partial charge in [-0.1, -0.05) is 24.3 Å². The summed E-state index contributed by atoms with van der Waals surface area (Å²) in [5.74, 6) is 0.412. The summed E-state index contributed by atoms with van der Waals surface area (Å²) in [4.78, 5) is 2.20. The van der Waals surface area contributed by atoms with E-state index in [0.29, 0.717) is 17.2 Å². The second-order valence-electron chi connectivity index (χ2n) is 7.90. The fourth-order valence-corrected chi connectivity index (χ4v) is 4.02. The van der Waals surface area contributed by atoms with Crippen LogP contribution in [0.25, 0.3) is 27.7 Å². The highest BCUT2D eigenvalue weighted by molar-refractivity contribution is 7.77. The van der Waals surface area contributed by atoms with E-state index in [-0.39, 0.29) is 0 Å². The molecular weight excluding hydrogens is 453 g/mol. The molecule has 1 saturated carbocycles. The highest BCUT2D eigenvalue weighted by Crippen LogP contribution is 2.43. The minimum Gasteiger partial charge on any atom is -0.308 e. The van der Waals surface area contributed by atoms with Gasteiger partial charge in [-0.2, -0.15) is 18.3 Å². The quantitative estimate of drug-likeness (QED) is 0.251. The Bertz CT molecular complexity index is 1330. The number of alkyl halides is 3. The minimum atomic E-state index is -4.37. The number of rotatable bonds is 6. The van der Waals surface area contributed by atoms with E-state index in [2.05, 4.69) is 10.3 Å². The number of fused-ring (bicyclic) bond motifs is 1. The Hall–Kier alpha value is -3.21. The zero-order valence-corrected chi connectivity index (χ0v) is 18.0. The van der Waals surface area contributed by atoms with Crippen LogP contribution in [0.15, 0.2) is 66.7 Å². The molecule has 0 bridgehead atoms. The first-order chi connectivity index (χ1) is 15.8. The second-order valence-corrected chi connectivity index (χ2v) is 8.60. The lowest BCUT2D eigenvalue weighted by atomic mass is 10.0. The van der Waals surface area contributed by atoms with E-state index in [1.54, 1.807) is 12.1 Å². The van der Waals surface area contributed by atoms with Crippen molar-refractivity contribution in [1.82, 2.24) is 14.6 Å². The number of nitrogens with zero attached hydrogens (tertiary/aromatic N) is 2. The number of nitrogens with one attached hydrogen (secondary N) is 2. The van der Waals surface area contributed by atoms with Crippen LogP contribution in [0.2, 0.25) is 0 Å². The van der Waals surface area contributed by atoms with Gasteiger partial charge in [0, 0.05) is 17.0 Å². The van der Waals surface area contributed by atoms with E-state index in [9.17, 15) is 17.4 Å². The smallest absolute Gasteiger partial charge is 0.308 e. The monoisotopic (exact) mass is 472 g/mol. The molecule has 4 aromatic rings. The van der Waals surface area contributed by atoms with Crippen LogP contribution in [0.3, 0.4) is 0 Å². The predicted octanol–water partition coefficient (Wildman–Crippen LogP) is 5.64. The van der Waals surface area contributed by atoms with Crippen molar-refractivity contribution in [3.63, 3.8) is 0 Å². The van der Waals surface area contributed by atoms with Crippen LogP contribution in [-0.2, 0) is 17.4 Å². The van der Waals surface area contributed by atoms with Crippen LogP contribution in [-0.4, -0.2) is 18.5 Å². The first-order valence-corrected chi connectivity index (χ1v) is 11.3. The van der Waals surface area contributed by atoms with E-state index in [1.807, 2.05) is 35.0 Å². The average molecular weight is 472 g/mol. The maximum absolute atomic E-state index is 12.9. The van der Waals surface area contributed by atoms with E-state index < -0.39 is 23.0 Å². The third-order valence-corrected chi connectivity index (χ3v) is 5.89. The molecule has 3 N–H and O–H groups in total. The summed E-state index contributed by atoms with van der Waals surface area (Å²) in [5.41, 5.74) is 6.72. The van der Waals surface area contributed by atoms with Crippen LogP contribution < -0.4 is 10.3 Å². The lowest BCUT2D eigenvalue weighted by molar-refractivity contribution is -0.137. The molecule has 3 aromatic carbocycles. The Labute approximate surface area is 189 Å². The standard InChI is InChI=1S/C23H19F3N4O2S/c24-23(25,26)17-6-3-14(4-7-17)16-5-12-20-21(13-16)30(28-22(20)15-1-2-15)19-10-8-18(9-11-19)27-29-33(31)32/h3-13,15,27,29H,1-2H2,(H,31,32). The number of aromatic nitrogens is 2. The van der Waals surface area contributed by atoms with Gasteiger partial charge in [-0.25, -0.2) is 8.89 Å². The van der Waals surface area contributed by atoms with Crippen LogP contribution in [0.4, 0.5) is 18.9 Å². The van der Waals surface area contributed by atoms with E-state index in [4.69, 9.17) is 9.65 Å². The molecule has 1 fully saturated rings. The number of benzene rings is 3. The number of hydrogen-bond acceptors (Lipinski definition) is 3. The predicted molar refractivity (Wildman–Crippen MR) is 121 cm³/mol. The van der Waals surface area contributed by atoms with E-state index in [1.165, 1.54) is 12.1 Å². The number of anilines is 1. The van der Waals surface area contributed by atoms with Gasteiger partial charge < -0.3 is 5.43 Å². The van der Waals surface area contributed by atoms with Crippen molar-refractivity contribution >= 4 is 27.9 Å². The summed E-state index contributed by atoms with van der Waals surface area (Å²) in [7, 11) is 0. The Morgan fingerprint density at radius 3 is 2.24 bits per heavy atom. The van der Waals surface area contributed by atoms with Crippen LogP contribution >= 0.6 is 0 Å². The number of halogens is 3. The number of hydrazine groups is 1. The Morgan fingerprint density at radius 1 is 0.970 bits per heavy atom. The van der Waals surface area contributed by atoms with Crippen molar-refractivity contribution in [2.75, 3.05) is 5.43 Å². The van der Waals surface area contributed by atoms with Crippen LogP contribution in [0, 0.1) is 0 Å². The van der Waals surface area contributed by atoms with Gasteiger partial charge in [-0.3, -0.25) is 4.55 Å². The maximum Gasteiger partial charge on any atom is 0.416 e. The van der Waals surface area contributed by atoms with Crippen LogP contribution in [0.5, 0.6) is 0 Å². The summed E-state index contributed by atoms with van der Waals surface area (Å²) in [6, 6.07) is 18.1. The first kappa shape index (κ1) is 21.6. The van der Waals surface area contributed by atoms with Gasteiger partial charge in [0.05, 0.1) is 22.5 Å². The molecule has 1 atom stereocenters. The van der Waals surface area contributed by atoms with Gasteiger partial charge in [0.25, 0.3) is 0 Å². The zero-order valence-electron chi connectivity index (χ0n) is 17.1. The van der Waals surface area contributed by atoms with E-state index >= 15 is 0 Å². The molecule has 1 heterocycles. The lowest BCUT2D eigenvalue weighted by Crippen LogP contribution is -2.23. The molecule has 0 saturated heterocycles. The SMILES string of the molecule is O=S(O)NNc1ccc(-n2nc(C3CC3)c3ccc(-c4ccc(C(F)(F)F)cc4)cc32)cc1. The molecule has 0 aliphatic heterocycles. The highest BCUT2D eigenvalue weighted by atomic mass is 32.2. The van der Waals surface area contributed by atoms with Gasteiger partial charge in [0.15, 0.2) is 0 Å². The molecule has 1 aromatic heterocycles. The summed E-state index contributed by atoms with van der Waals surface area (Å²) >= 11 is -2.19. The van der Waals surface area contributed by atoms with Crippen molar-refractivity contribution in [3.05, 3.63) is 78.0 Å². The molecule has 170 valence electrons. The highest BCUT2D eigenvalue weighted by Gasteiger charge is 2.31. The van der Waals surface area contributed by atoms with Crippen molar-refractivity contribution in [3.8, 4) is 16.8 Å². The van der Waals surface area contributed by atoms with Gasteiger partial charge >= 0.3 is 6.18 Å². The van der Waals surface area contributed by atoms with Crippen molar-refractivity contribution in [2.45, 2.75) is 24.9 Å². The second kappa shape index (κ2) is 8.29. The third-order valence-electron chi connectivity index (χ3n) is 5.61. The summed E-state index contributed by atoms with van der Waals surface area (Å²) in [6.45, 7) is 0. The molecule has 1 aliphatic carbocycles. The fraction of sp³-hybridized carbons (Fsp3) is 0.174. The molecule has 6 nitrogen and oxygen atoms in total. The molecule has 0 spiro atoms. The molecule has 5 rings (SSSR count). The van der Waals surface area contributed by atoms with Crippen molar-refractivity contribution in [1.29, 1.82) is 0 Å². The minimum absolute atomic E-state index is 0.412.